The zero-order chi connectivity index (χ0) is 22.8. The van der Waals surface area contributed by atoms with E-state index in [1.54, 1.807) is 6.26 Å². The third-order valence-electron chi connectivity index (χ3n) is 4.59. The van der Waals surface area contributed by atoms with E-state index in [1.807, 2.05) is 0 Å². The van der Waals surface area contributed by atoms with Gasteiger partial charge >= 0.3 is 11.9 Å². The van der Waals surface area contributed by atoms with Gasteiger partial charge in [-0.1, -0.05) is 0 Å². The Morgan fingerprint density at radius 1 is 1.20 bits per heavy atom. The van der Waals surface area contributed by atoms with E-state index in [-0.39, 0.29) is 12.2 Å². The van der Waals surface area contributed by atoms with Gasteiger partial charge in [0.25, 0.3) is 0 Å². The Morgan fingerprint density at radius 2 is 1.87 bits per heavy atom. The molecule has 0 aromatic carbocycles. The van der Waals surface area contributed by atoms with E-state index in [4.69, 9.17) is 15.9 Å². The maximum absolute atomic E-state index is 12.8. The van der Waals surface area contributed by atoms with Crippen LogP contribution in [-0.4, -0.2) is 93.2 Å². The molecule has 11 nitrogen and oxygen atoms in total. The largest absolute Gasteiger partial charge is 0.481 e. The summed E-state index contributed by atoms with van der Waals surface area (Å²) in [5.74, 6) is -4.00. The van der Waals surface area contributed by atoms with Crippen LogP contribution in [0.25, 0.3) is 0 Å². The van der Waals surface area contributed by atoms with Crippen LogP contribution in [0.15, 0.2) is 0 Å². The zero-order valence-corrected chi connectivity index (χ0v) is 18.3. The number of carboxylic acid groups (broad SMARTS) is 2. The summed E-state index contributed by atoms with van der Waals surface area (Å²) in [7, 11) is 0. The van der Waals surface area contributed by atoms with Gasteiger partial charge in [0.1, 0.15) is 18.1 Å². The number of hydrogen-bond acceptors (Lipinski definition) is 8. The molecule has 30 heavy (non-hydrogen) atoms. The number of carbonyl (C=O) groups excluding carboxylic acids is 3. The van der Waals surface area contributed by atoms with E-state index >= 15 is 0 Å². The SMILES string of the molecule is CSCCC(NC(=O)C1CCCN1C(=O)C(N)CS)C(=O)NC(CC(=O)O)C(=O)O. The Morgan fingerprint density at radius 3 is 2.40 bits per heavy atom. The van der Waals surface area contributed by atoms with Crippen molar-refractivity contribution in [1.29, 1.82) is 0 Å². The van der Waals surface area contributed by atoms with Gasteiger partial charge in [-0.3, -0.25) is 19.2 Å². The van der Waals surface area contributed by atoms with E-state index in [9.17, 15) is 24.0 Å². The Kier molecular flexibility index (Phi) is 11.0. The van der Waals surface area contributed by atoms with Crippen molar-refractivity contribution in [3.05, 3.63) is 0 Å². The van der Waals surface area contributed by atoms with Gasteiger partial charge in [-0.15, -0.1) is 0 Å². The van der Waals surface area contributed by atoms with E-state index in [0.717, 1.165) is 0 Å². The first-order chi connectivity index (χ1) is 14.1. The van der Waals surface area contributed by atoms with Crippen LogP contribution in [0.2, 0.25) is 0 Å². The van der Waals surface area contributed by atoms with Crippen molar-refractivity contribution in [3.8, 4) is 0 Å². The fraction of sp³-hybridized carbons (Fsp3) is 0.706. The third kappa shape index (κ3) is 7.69. The molecule has 1 heterocycles. The van der Waals surface area contributed by atoms with Crippen molar-refractivity contribution in [3.63, 3.8) is 0 Å². The number of carboxylic acids is 2. The molecule has 0 saturated carbocycles. The molecule has 1 fully saturated rings. The van der Waals surface area contributed by atoms with E-state index in [2.05, 4.69) is 23.3 Å². The lowest BCUT2D eigenvalue weighted by Gasteiger charge is -2.28. The van der Waals surface area contributed by atoms with Gasteiger partial charge in [0.2, 0.25) is 17.7 Å². The summed E-state index contributed by atoms with van der Waals surface area (Å²) in [5, 5.41) is 22.7. The second-order valence-electron chi connectivity index (χ2n) is 6.82. The fourth-order valence-corrected chi connectivity index (χ4v) is 3.64. The van der Waals surface area contributed by atoms with Crippen LogP contribution in [0.4, 0.5) is 0 Å². The molecule has 0 spiro atoms. The molecule has 170 valence electrons. The number of aliphatic carboxylic acids is 2. The number of amides is 3. The summed E-state index contributed by atoms with van der Waals surface area (Å²) >= 11 is 5.43. The summed E-state index contributed by atoms with van der Waals surface area (Å²) in [4.78, 5) is 61.1. The molecule has 0 radical (unpaired) electrons. The normalized spacial score (nSPS) is 18.9. The van der Waals surface area contributed by atoms with E-state index in [1.165, 1.54) is 16.7 Å². The van der Waals surface area contributed by atoms with Gasteiger partial charge in [0, 0.05) is 12.3 Å². The summed E-state index contributed by atoms with van der Waals surface area (Å²) in [6.07, 6.45) is 2.22. The molecule has 6 N–H and O–H groups in total. The lowest BCUT2D eigenvalue weighted by molar-refractivity contribution is -0.147. The number of nitrogens with one attached hydrogen (secondary N) is 2. The highest BCUT2D eigenvalue weighted by Gasteiger charge is 2.37. The topological polar surface area (TPSA) is 179 Å². The second kappa shape index (κ2) is 12.6. The number of rotatable bonds is 12. The summed E-state index contributed by atoms with van der Waals surface area (Å²) < 4.78 is 0. The predicted molar refractivity (Wildman–Crippen MR) is 113 cm³/mol. The summed E-state index contributed by atoms with van der Waals surface area (Å²) in [6, 6.07) is -4.33. The first-order valence-electron chi connectivity index (χ1n) is 9.33. The van der Waals surface area contributed by atoms with Gasteiger partial charge in [0.15, 0.2) is 0 Å². The van der Waals surface area contributed by atoms with Crippen LogP contribution in [-0.2, 0) is 24.0 Å². The molecule has 4 atom stereocenters. The van der Waals surface area contributed by atoms with Crippen LogP contribution in [0, 0.1) is 0 Å². The van der Waals surface area contributed by atoms with Crippen molar-refractivity contribution < 1.29 is 34.2 Å². The molecule has 0 aliphatic carbocycles. The number of nitrogens with zero attached hydrogens (tertiary/aromatic N) is 1. The highest BCUT2D eigenvalue weighted by molar-refractivity contribution is 7.98. The van der Waals surface area contributed by atoms with E-state index < -0.39 is 60.2 Å². The number of hydrogen-bond donors (Lipinski definition) is 6. The first kappa shape index (κ1) is 26.0. The van der Waals surface area contributed by atoms with Crippen molar-refractivity contribution in [2.24, 2.45) is 5.73 Å². The number of carbonyl (C=O) groups is 5. The van der Waals surface area contributed by atoms with Gasteiger partial charge < -0.3 is 31.5 Å². The molecule has 13 heteroatoms. The number of nitrogens with two attached hydrogens (primary N) is 1. The second-order valence-corrected chi connectivity index (χ2v) is 8.17. The first-order valence-corrected chi connectivity index (χ1v) is 11.4. The number of thiol groups is 1. The van der Waals surface area contributed by atoms with Crippen LogP contribution in [0.5, 0.6) is 0 Å². The predicted octanol–water partition coefficient (Wildman–Crippen LogP) is -1.48. The molecule has 1 rings (SSSR count). The third-order valence-corrected chi connectivity index (χ3v) is 5.63. The van der Waals surface area contributed by atoms with Gasteiger partial charge in [0.05, 0.1) is 12.5 Å². The molecule has 3 amide bonds. The quantitative estimate of drug-likeness (QED) is 0.188. The van der Waals surface area contributed by atoms with Gasteiger partial charge in [-0.2, -0.15) is 24.4 Å². The monoisotopic (exact) mass is 464 g/mol. The van der Waals surface area contributed by atoms with Crippen LogP contribution in [0.1, 0.15) is 25.7 Å². The molecule has 0 aromatic heterocycles. The lowest BCUT2D eigenvalue weighted by Crippen LogP contribution is -2.57. The van der Waals surface area contributed by atoms with Crippen molar-refractivity contribution in [1.82, 2.24) is 15.5 Å². The van der Waals surface area contributed by atoms with Crippen LogP contribution in [0.3, 0.4) is 0 Å². The molecular weight excluding hydrogens is 436 g/mol. The molecule has 1 saturated heterocycles. The molecule has 0 aromatic rings. The number of thioether (sulfide) groups is 1. The molecular formula is C17H28N4O7S2. The lowest BCUT2D eigenvalue weighted by atomic mass is 10.1. The minimum atomic E-state index is -1.62. The smallest absolute Gasteiger partial charge is 0.326 e. The standard InChI is InChI=1S/C17H28N4O7S2/c1-30-6-4-10(14(24)20-11(17(27)28)7-13(22)23)19-15(25)12-3-2-5-21(12)16(26)9(18)8-29/h9-12,29H,2-8,18H2,1H3,(H,19,25)(H,20,24)(H,22,23)(H,27,28). The van der Waals surface area contributed by atoms with Crippen molar-refractivity contribution in [2.45, 2.75) is 49.9 Å². The van der Waals surface area contributed by atoms with Crippen LogP contribution >= 0.6 is 24.4 Å². The molecule has 1 aliphatic rings. The summed E-state index contributed by atoms with van der Waals surface area (Å²) in [5.41, 5.74) is 5.73. The fourth-order valence-electron chi connectivity index (χ4n) is 3.01. The van der Waals surface area contributed by atoms with Gasteiger partial charge in [-0.25, -0.2) is 4.79 Å². The minimum Gasteiger partial charge on any atom is -0.481 e. The highest BCUT2D eigenvalue weighted by Crippen LogP contribution is 2.19. The maximum atomic E-state index is 12.8. The average molecular weight is 465 g/mol. The van der Waals surface area contributed by atoms with Crippen LogP contribution < -0.4 is 16.4 Å². The van der Waals surface area contributed by atoms with E-state index in [0.29, 0.717) is 25.1 Å². The Hall–Kier alpha value is -1.99. The van der Waals surface area contributed by atoms with Crippen molar-refractivity contribution >= 4 is 54.1 Å². The Bertz CT molecular complexity index is 664. The molecule has 1 aliphatic heterocycles. The molecule has 4 unspecified atom stereocenters. The van der Waals surface area contributed by atoms with Crippen molar-refractivity contribution in [2.75, 3.05) is 24.3 Å². The maximum Gasteiger partial charge on any atom is 0.326 e. The molecule has 0 bridgehead atoms. The zero-order valence-electron chi connectivity index (χ0n) is 16.6. The average Bonchev–Trinajstić information content (AvgIpc) is 3.18. The Labute approximate surface area is 183 Å². The number of likely N-dealkylation sites (tertiary alicyclic amines) is 1. The highest BCUT2D eigenvalue weighted by atomic mass is 32.2. The Balaban J connectivity index is 2.88. The van der Waals surface area contributed by atoms with Gasteiger partial charge in [-0.05, 0) is 31.3 Å². The summed E-state index contributed by atoms with van der Waals surface area (Å²) in [6.45, 7) is 0.361. The minimum absolute atomic E-state index is 0.128.